The molecule has 0 radical (unpaired) electrons. The zero-order valence-electron chi connectivity index (χ0n) is 19.2. The number of carbonyl (C=O) groups excluding carboxylic acids is 2. The normalized spacial score (nSPS) is 17.1. The van der Waals surface area contributed by atoms with E-state index in [1.807, 2.05) is 11.4 Å². The van der Waals surface area contributed by atoms with E-state index in [0.29, 0.717) is 30.3 Å². The first-order valence-electron chi connectivity index (χ1n) is 11.8. The number of hydrogen-bond donors (Lipinski definition) is 0. The van der Waals surface area contributed by atoms with Gasteiger partial charge in [0, 0.05) is 29.6 Å². The predicted octanol–water partition coefficient (Wildman–Crippen LogP) is 5.08. The summed E-state index contributed by atoms with van der Waals surface area (Å²) in [6.45, 7) is 1.16. The summed E-state index contributed by atoms with van der Waals surface area (Å²) in [5, 5.41) is 2.01. The lowest BCUT2D eigenvalue weighted by molar-refractivity contribution is -0.135. The highest BCUT2D eigenvalue weighted by Gasteiger charge is 2.35. The van der Waals surface area contributed by atoms with Crippen molar-refractivity contribution < 1.29 is 23.1 Å². The minimum Gasteiger partial charge on any atom is -0.491 e. The molecule has 0 bridgehead atoms. The van der Waals surface area contributed by atoms with E-state index < -0.39 is 5.82 Å². The molecule has 2 aliphatic rings. The summed E-state index contributed by atoms with van der Waals surface area (Å²) in [7, 11) is 0. The zero-order valence-corrected chi connectivity index (χ0v) is 20.0. The molecular formula is C27H26F2N2O3S. The van der Waals surface area contributed by atoms with E-state index in [4.69, 9.17) is 4.74 Å². The maximum absolute atomic E-state index is 13.6. The second kappa shape index (κ2) is 10.2. The number of hydrogen-bond acceptors (Lipinski definition) is 4. The number of ether oxygens (including phenoxy) is 1. The van der Waals surface area contributed by atoms with E-state index in [9.17, 15) is 18.4 Å². The van der Waals surface area contributed by atoms with Crippen molar-refractivity contribution in [1.82, 2.24) is 9.80 Å². The lowest BCUT2D eigenvalue weighted by Gasteiger charge is -2.37. The van der Waals surface area contributed by atoms with E-state index >= 15 is 0 Å². The van der Waals surface area contributed by atoms with Crippen LogP contribution in [-0.4, -0.2) is 47.9 Å². The minimum atomic E-state index is -0.410. The summed E-state index contributed by atoms with van der Waals surface area (Å²) in [6, 6.07) is 13.0. The molecule has 2 amide bonds. The van der Waals surface area contributed by atoms with Gasteiger partial charge in [0.1, 0.15) is 30.5 Å². The molecule has 0 N–H and O–H groups in total. The lowest BCUT2D eigenvalue weighted by Crippen LogP contribution is -2.48. The molecule has 5 nitrogen and oxygen atoms in total. The van der Waals surface area contributed by atoms with Crippen molar-refractivity contribution in [2.45, 2.75) is 25.3 Å². The number of thiophene rings is 1. The van der Waals surface area contributed by atoms with Crippen molar-refractivity contribution in [3.63, 3.8) is 0 Å². The quantitative estimate of drug-likeness (QED) is 0.437. The third-order valence-electron chi connectivity index (χ3n) is 6.50. The van der Waals surface area contributed by atoms with Crippen LogP contribution in [-0.2, 0) is 11.2 Å². The average Bonchev–Trinajstić information content (AvgIpc) is 3.54. The van der Waals surface area contributed by atoms with Gasteiger partial charge in [-0.25, -0.2) is 8.78 Å². The van der Waals surface area contributed by atoms with Crippen LogP contribution in [0.4, 0.5) is 8.78 Å². The summed E-state index contributed by atoms with van der Waals surface area (Å²) >= 11 is 1.65. The number of nitrogens with zero attached hydrogens (tertiary/aromatic N) is 2. The molecule has 1 atom stereocenters. The van der Waals surface area contributed by atoms with Crippen LogP contribution in [0.1, 0.15) is 39.7 Å². The van der Waals surface area contributed by atoms with Crippen molar-refractivity contribution in [2.24, 2.45) is 5.92 Å². The van der Waals surface area contributed by atoms with Crippen molar-refractivity contribution >= 4 is 23.2 Å². The second-order valence-electron chi connectivity index (χ2n) is 9.06. The zero-order chi connectivity index (χ0) is 24.4. The van der Waals surface area contributed by atoms with Gasteiger partial charge in [0.2, 0.25) is 5.91 Å². The fourth-order valence-corrected chi connectivity index (χ4v) is 5.40. The predicted molar refractivity (Wildman–Crippen MR) is 129 cm³/mol. The van der Waals surface area contributed by atoms with Crippen LogP contribution in [0.2, 0.25) is 0 Å². The third kappa shape index (κ3) is 5.53. The van der Waals surface area contributed by atoms with E-state index in [1.54, 1.807) is 33.3 Å². The van der Waals surface area contributed by atoms with Crippen LogP contribution < -0.4 is 4.74 Å². The van der Waals surface area contributed by atoms with E-state index in [0.717, 1.165) is 24.8 Å². The van der Waals surface area contributed by atoms with Crippen molar-refractivity contribution in [3.05, 3.63) is 87.6 Å². The van der Waals surface area contributed by atoms with Crippen molar-refractivity contribution in [2.75, 3.05) is 26.2 Å². The average molecular weight is 497 g/mol. The first kappa shape index (κ1) is 23.5. The summed E-state index contributed by atoms with van der Waals surface area (Å²) in [4.78, 5) is 31.3. The first-order valence-corrected chi connectivity index (χ1v) is 12.6. The SMILES string of the molecule is O=C(c1ccc(F)cc1)N(CC(=O)N1CCc2sccc2C1COc1cccc(F)c1)CC1CC1. The Labute approximate surface area is 206 Å². The molecule has 1 fully saturated rings. The van der Waals surface area contributed by atoms with Crippen LogP contribution >= 0.6 is 11.3 Å². The molecule has 1 unspecified atom stereocenters. The van der Waals surface area contributed by atoms with Crippen LogP contribution in [0.25, 0.3) is 0 Å². The largest absolute Gasteiger partial charge is 0.491 e. The van der Waals surface area contributed by atoms with Gasteiger partial charge in [0.05, 0.1) is 6.04 Å². The summed E-state index contributed by atoms with van der Waals surface area (Å²) < 4.78 is 32.9. The Balaban J connectivity index is 1.34. The van der Waals surface area contributed by atoms with Gasteiger partial charge in [-0.15, -0.1) is 11.3 Å². The number of halogens is 2. The Hall–Kier alpha value is -3.26. The maximum Gasteiger partial charge on any atom is 0.254 e. The van der Waals surface area contributed by atoms with Gasteiger partial charge in [-0.3, -0.25) is 9.59 Å². The fourth-order valence-electron chi connectivity index (χ4n) is 4.47. The smallest absolute Gasteiger partial charge is 0.254 e. The standard InChI is InChI=1S/C27H26F2N2O3S/c28-20-8-6-19(7-9-20)27(33)30(15-18-4-5-18)16-26(32)31-12-10-25-23(11-13-35-25)24(31)17-34-22-3-1-2-21(29)14-22/h1-3,6-9,11,13-14,18,24H,4-5,10,12,15-17H2. The highest BCUT2D eigenvalue weighted by Crippen LogP contribution is 2.35. The van der Waals surface area contributed by atoms with Crippen molar-refractivity contribution in [1.29, 1.82) is 0 Å². The second-order valence-corrected chi connectivity index (χ2v) is 10.1. The molecule has 1 saturated carbocycles. The Morgan fingerprint density at radius 3 is 2.60 bits per heavy atom. The molecule has 1 aromatic heterocycles. The summed E-state index contributed by atoms with van der Waals surface area (Å²) in [6.07, 6.45) is 2.81. The monoisotopic (exact) mass is 496 g/mol. The summed E-state index contributed by atoms with van der Waals surface area (Å²) in [5.74, 6) is -0.430. The number of rotatable bonds is 8. The first-order chi connectivity index (χ1) is 17.0. The molecule has 2 aromatic carbocycles. The Bertz CT molecular complexity index is 1210. The van der Waals surface area contributed by atoms with Gasteiger partial charge in [0.25, 0.3) is 5.91 Å². The third-order valence-corrected chi connectivity index (χ3v) is 7.50. The molecule has 0 saturated heterocycles. The number of benzene rings is 2. The van der Waals surface area contributed by atoms with Crippen LogP contribution in [0.3, 0.4) is 0 Å². The molecule has 0 spiro atoms. The highest BCUT2D eigenvalue weighted by molar-refractivity contribution is 7.10. The molecule has 1 aliphatic heterocycles. The van der Waals surface area contributed by atoms with Crippen LogP contribution in [0.15, 0.2) is 60.0 Å². The van der Waals surface area contributed by atoms with Gasteiger partial charge in [-0.05, 0) is 78.6 Å². The molecular weight excluding hydrogens is 470 g/mol. The molecule has 182 valence electrons. The van der Waals surface area contributed by atoms with Crippen LogP contribution in [0, 0.1) is 17.6 Å². The molecule has 8 heteroatoms. The van der Waals surface area contributed by atoms with Gasteiger partial charge in [-0.2, -0.15) is 0 Å². The van der Waals surface area contributed by atoms with E-state index in [2.05, 4.69) is 0 Å². The molecule has 35 heavy (non-hydrogen) atoms. The Morgan fingerprint density at radius 2 is 1.86 bits per heavy atom. The number of amides is 2. The highest BCUT2D eigenvalue weighted by atomic mass is 32.1. The van der Waals surface area contributed by atoms with Gasteiger partial charge < -0.3 is 14.5 Å². The number of fused-ring (bicyclic) bond motifs is 1. The number of carbonyl (C=O) groups is 2. The molecule has 2 heterocycles. The Kier molecular flexibility index (Phi) is 6.81. The van der Waals surface area contributed by atoms with Crippen LogP contribution in [0.5, 0.6) is 5.75 Å². The minimum absolute atomic E-state index is 0.0529. The Morgan fingerprint density at radius 1 is 1.06 bits per heavy atom. The fraction of sp³-hybridized carbons (Fsp3) is 0.333. The van der Waals surface area contributed by atoms with Gasteiger partial charge in [-0.1, -0.05) is 6.07 Å². The van der Waals surface area contributed by atoms with Gasteiger partial charge >= 0.3 is 0 Å². The molecule has 3 aromatic rings. The van der Waals surface area contributed by atoms with Crippen molar-refractivity contribution in [3.8, 4) is 5.75 Å². The summed E-state index contributed by atoms with van der Waals surface area (Å²) in [5.41, 5.74) is 1.40. The molecule has 5 rings (SSSR count). The lowest BCUT2D eigenvalue weighted by atomic mass is 10.0. The molecule has 1 aliphatic carbocycles. The van der Waals surface area contributed by atoms with E-state index in [-0.39, 0.29) is 36.8 Å². The topological polar surface area (TPSA) is 49.9 Å². The van der Waals surface area contributed by atoms with Gasteiger partial charge in [0.15, 0.2) is 0 Å². The maximum atomic E-state index is 13.6. The van der Waals surface area contributed by atoms with E-state index in [1.165, 1.54) is 41.3 Å².